The Bertz CT molecular complexity index is 737. The van der Waals surface area contributed by atoms with Gasteiger partial charge in [-0.1, -0.05) is 29.4 Å². The number of nitrogens with zero attached hydrogens (tertiary/aromatic N) is 3. The highest BCUT2D eigenvalue weighted by molar-refractivity contribution is 5.87. The Morgan fingerprint density at radius 2 is 2.00 bits per heavy atom. The molecule has 0 unspecified atom stereocenters. The Kier molecular flexibility index (Phi) is 3.30. The third kappa shape index (κ3) is 2.21. The molecule has 0 aliphatic rings. The zero-order chi connectivity index (χ0) is 13.9. The van der Waals surface area contributed by atoms with E-state index in [4.69, 9.17) is 10.3 Å². The SMILES string of the molecule is Cc1noc2ncnc(NCc3ccccc3CN)c12. The van der Waals surface area contributed by atoms with Crippen molar-refractivity contribution in [1.29, 1.82) is 0 Å². The first-order valence-corrected chi connectivity index (χ1v) is 6.37. The van der Waals surface area contributed by atoms with Crippen molar-refractivity contribution < 1.29 is 4.52 Å². The Hall–Kier alpha value is -2.47. The lowest BCUT2D eigenvalue weighted by atomic mass is 10.1. The number of benzene rings is 1. The Morgan fingerprint density at radius 1 is 1.20 bits per heavy atom. The highest BCUT2D eigenvalue weighted by Crippen LogP contribution is 2.23. The number of nitrogens with two attached hydrogens (primary N) is 1. The maximum atomic E-state index is 5.74. The smallest absolute Gasteiger partial charge is 0.263 e. The van der Waals surface area contributed by atoms with E-state index in [9.17, 15) is 0 Å². The fourth-order valence-electron chi connectivity index (χ4n) is 2.16. The van der Waals surface area contributed by atoms with Crippen molar-refractivity contribution in [3.05, 3.63) is 47.4 Å². The molecule has 0 radical (unpaired) electrons. The molecular formula is C14H15N5O. The second kappa shape index (κ2) is 5.26. The van der Waals surface area contributed by atoms with Crippen molar-refractivity contribution in [1.82, 2.24) is 15.1 Å². The van der Waals surface area contributed by atoms with Crippen LogP contribution in [0.3, 0.4) is 0 Å². The summed E-state index contributed by atoms with van der Waals surface area (Å²) >= 11 is 0. The second-order valence-electron chi connectivity index (χ2n) is 4.50. The molecule has 0 saturated carbocycles. The van der Waals surface area contributed by atoms with Gasteiger partial charge in [-0.05, 0) is 18.1 Å². The molecule has 3 N–H and O–H groups in total. The van der Waals surface area contributed by atoms with Gasteiger partial charge < -0.3 is 15.6 Å². The quantitative estimate of drug-likeness (QED) is 0.753. The van der Waals surface area contributed by atoms with Crippen LogP contribution in [0.1, 0.15) is 16.8 Å². The number of aromatic nitrogens is 3. The standard InChI is InChI=1S/C14H15N5O/c1-9-12-13(17-8-18-14(12)20-19-9)16-7-11-5-3-2-4-10(11)6-15/h2-5,8H,6-7,15H2,1H3,(H,16,17,18). The van der Waals surface area contributed by atoms with E-state index in [1.165, 1.54) is 6.33 Å². The van der Waals surface area contributed by atoms with Crippen LogP contribution in [0.5, 0.6) is 0 Å². The van der Waals surface area contributed by atoms with E-state index >= 15 is 0 Å². The van der Waals surface area contributed by atoms with Crippen LogP contribution in [0.2, 0.25) is 0 Å². The predicted molar refractivity (Wildman–Crippen MR) is 76.0 cm³/mol. The molecule has 6 heteroatoms. The summed E-state index contributed by atoms with van der Waals surface area (Å²) in [6.45, 7) is 3.03. The van der Waals surface area contributed by atoms with E-state index < -0.39 is 0 Å². The van der Waals surface area contributed by atoms with Crippen molar-refractivity contribution in [3.63, 3.8) is 0 Å². The van der Waals surface area contributed by atoms with E-state index in [1.807, 2.05) is 31.2 Å². The molecule has 0 bridgehead atoms. The summed E-state index contributed by atoms with van der Waals surface area (Å²) in [5, 5.41) is 8.02. The predicted octanol–water partition coefficient (Wildman–Crippen LogP) is 2.00. The van der Waals surface area contributed by atoms with Gasteiger partial charge in [0.15, 0.2) is 0 Å². The number of hydrogen-bond donors (Lipinski definition) is 2. The van der Waals surface area contributed by atoms with Gasteiger partial charge in [-0.3, -0.25) is 0 Å². The molecule has 6 nitrogen and oxygen atoms in total. The van der Waals surface area contributed by atoms with E-state index in [1.54, 1.807) is 0 Å². The summed E-state index contributed by atoms with van der Waals surface area (Å²) in [7, 11) is 0. The average Bonchev–Trinajstić information content (AvgIpc) is 2.87. The van der Waals surface area contributed by atoms with Crippen LogP contribution in [-0.4, -0.2) is 15.1 Å². The lowest BCUT2D eigenvalue weighted by Crippen LogP contribution is -2.07. The van der Waals surface area contributed by atoms with Crippen molar-refractivity contribution in [2.75, 3.05) is 5.32 Å². The molecule has 0 aliphatic heterocycles. The summed E-state index contributed by atoms with van der Waals surface area (Å²) in [6.07, 6.45) is 1.46. The molecule has 0 spiro atoms. The highest BCUT2D eigenvalue weighted by Gasteiger charge is 2.11. The molecule has 2 aromatic heterocycles. The average molecular weight is 269 g/mol. The van der Waals surface area contributed by atoms with Gasteiger partial charge in [0.1, 0.15) is 17.5 Å². The number of rotatable bonds is 4. The fraction of sp³-hybridized carbons (Fsp3) is 0.214. The van der Waals surface area contributed by atoms with E-state index in [2.05, 4.69) is 20.4 Å². The zero-order valence-corrected chi connectivity index (χ0v) is 11.1. The fourth-order valence-corrected chi connectivity index (χ4v) is 2.16. The van der Waals surface area contributed by atoms with E-state index in [0.29, 0.717) is 18.8 Å². The minimum atomic E-state index is 0.493. The second-order valence-corrected chi connectivity index (χ2v) is 4.50. The van der Waals surface area contributed by atoms with E-state index in [-0.39, 0.29) is 0 Å². The minimum Gasteiger partial charge on any atom is -0.365 e. The molecule has 20 heavy (non-hydrogen) atoms. The summed E-state index contributed by atoms with van der Waals surface area (Å²) in [5.41, 5.74) is 9.27. The maximum absolute atomic E-state index is 5.74. The third-order valence-corrected chi connectivity index (χ3v) is 3.23. The molecular weight excluding hydrogens is 254 g/mol. The molecule has 0 atom stereocenters. The first-order chi connectivity index (χ1) is 9.79. The Morgan fingerprint density at radius 3 is 2.80 bits per heavy atom. The molecule has 102 valence electrons. The molecule has 3 aromatic rings. The van der Waals surface area contributed by atoms with Crippen molar-refractivity contribution in [2.45, 2.75) is 20.0 Å². The van der Waals surface area contributed by atoms with Gasteiger partial charge >= 0.3 is 0 Å². The van der Waals surface area contributed by atoms with Gasteiger partial charge in [-0.2, -0.15) is 4.98 Å². The highest BCUT2D eigenvalue weighted by atomic mass is 16.5. The van der Waals surface area contributed by atoms with Gasteiger partial charge in [0, 0.05) is 13.1 Å². The lowest BCUT2D eigenvalue weighted by molar-refractivity contribution is 0.442. The number of anilines is 1. The van der Waals surface area contributed by atoms with Crippen LogP contribution in [0.4, 0.5) is 5.82 Å². The number of nitrogens with one attached hydrogen (secondary N) is 1. The zero-order valence-electron chi connectivity index (χ0n) is 11.1. The number of fused-ring (bicyclic) bond motifs is 1. The van der Waals surface area contributed by atoms with Crippen LogP contribution >= 0.6 is 0 Å². The van der Waals surface area contributed by atoms with Crippen LogP contribution < -0.4 is 11.1 Å². The van der Waals surface area contributed by atoms with Crippen LogP contribution in [0.15, 0.2) is 35.1 Å². The number of hydrogen-bond acceptors (Lipinski definition) is 6. The molecule has 2 heterocycles. The lowest BCUT2D eigenvalue weighted by Gasteiger charge is -2.09. The van der Waals surface area contributed by atoms with Gasteiger partial charge in [0.2, 0.25) is 0 Å². The molecule has 0 amide bonds. The van der Waals surface area contributed by atoms with Gasteiger partial charge in [0.25, 0.3) is 5.71 Å². The molecule has 3 rings (SSSR count). The third-order valence-electron chi connectivity index (χ3n) is 3.23. The Labute approximate surface area is 116 Å². The van der Waals surface area contributed by atoms with Gasteiger partial charge in [-0.25, -0.2) is 4.98 Å². The van der Waals surface area contributed by atoms with Crippen LogP contribution in [-0.2, 0) is 13.1 Å². The largest absolute Gasteiger partial charge is 0.365 e. The molecule has 0 aliphatic carbocycles. The molecule has 1 aromatic carbocycles. The summed E-state index contributed by atoms with van der Waals surface area (Å²) < 4.78 is 5.13. The summed E-state index contributed by atoms with van der Waals surface area (Å²) in [5.74, 6) is 0.723. The van der Waals surface area contributed by atoms with Gasteiger partial charge in [-0.15, -0.1) is 0 Å². The van der Waals surface area contributed by atoms with Crippen LogP contribution in [0, 0.1) is 6.92 Å². The van der Waals surface area contributed by atoms with E-state index in [0.717, 1.165) is 28.0 Å². The first-order valence-electron chi connectivity index (χ1n) is 6.37. The minimum absolute atomic E-state index is 0.493. The van der Waals surface area contributed by atoms with Gasteiger partial charge in [0.05, 0.1) is 5.69 Å². The van der Waals surface area contributed by atoms with Crippen molar-refractivity contribution >= 4 is 16.9 Å². The van der Waals surface area contributed by atoms with Crippen molar-refractivity contribution in [3.8, 4) is 0 Å². The molecule has 0 saturated heterocycles. The first kappa shape index (κ1) is 12.6. The van der Waals surface area contributed by atoms with Crippen molar-refractivity contribution in [2.24, 2.45) is 5.73 Å². The normalized spacial score (nSPS) is 10.9. The summed E-state index contributed by atoms with van der Waals surface area (Å²) in [4.78, 5) is 8.31. The number of aryl methyl sites for hydroxylation is 1. The molecule has 0 fully saturated rings. The van der Waals surface area contributed by atoms with Crippen LogP contribution in [0.25, 0.3) is 11.1 Å². The topological polar surface area (TPSA) is 89.9 Å². The Balaban J connectivity index is 1.89. The maximum Gasteiger partial charge on any atom is 0.263 e. The monoisotopic (exact) mass is 269 g/mol. The summed E-state index contributed by atoms with van der Waals surface area (Å²) in [6, 6.07) is 8.06.